The van der Waals surface area contributed by atoms with Gasteiger partial charge in [-0.2, -0.15) is 9.78 Å². The molecule has 40 heavy (non-hydrogen) atoms. The minimum Gasteiger partial charge on any atom is -0.467 e. The highest BCUT2D eigenvalue weighted by Crippen LogP contribution is 2.36. The molecule has 0 bridgehead atoms. The van der Waals surface area contributed by atoms with Crippen molar-refractivity contribution in [3.63, 3.8) is 0 Å². The van der Waals surface area contributed by atoms with Crippen LogP contribution in [0.15, 0.2) is 70.2 Å². The van der Waals surface area contributed by atoms with E-state index in [2.05, 4.69) is 15.1 Å². The van der Waals surface area contributed by atoms with Crippen LogP contribution in [0.4, 0.5) is 10.1 Å². The number of sulfonamides is 1. The fourth-order valence-electron chi connectivity index (χ4n) is 3.68. The first-order chi connectivity index (χ1) is 19.0. The van der Waals surface area contributed by atoms with E-state index in [1.54, 1.807) is 26.0 Å². The summed E-state index contributed by atoms with van der Waals surface area (Å²) in [6, 6.07) is 11.3. The molecule has 1 amide bonds. The van der Waals surface area contributed by atoms with Gasteiger partial charge >= 0.3 is 0 Å². The third-order valence-corrected chi connectivity index (χ3v) is 7.55. The van der Waals surface area contributed by atoms with E-state index in [9.17, 15) is 27.7 Å². The molecule has 0 fully saturated rings. The Kier molecular flexibility index (Phi) is 8.30. The van der Waals surface area contributed by atoms with Gasteiger partial charge in [0.05, 0.1) is 23.4 Å². The second-order valence-electron chi connectivity index (χ2n) is 8.85. The molecule has 0 saturated carbocycles. The number of nitrogens with zero attached hydrogens (tertiary/aromatic N) is 3. The molecule has 210 valence electrons. The average molecular weight is 572 g/mol. The van der Waals surface area contributed by atoms with E-state index in [-0.39, 0.29) is 35.1 Å². The summed E-state index contributed by atoms with van der Waals surface area (Å²) >= 11 is 0. The van der Waals surface area contributed by atoms with E-state index in [1.165, 1.54) is 31.4 Å². The number of rotatable bonds is 11. The maximum absolute atomic E-state index is 14.1. The van der Waals surface area contributed by atoms with Crippen LogP contribution in [0.25, 0.3) is 5.69 Å². The van der Waals surface area contributed by atoms with Crippen LogP contribution in [-0.2, 0) is 16.6 Å². The number of hydrogen-bond donors (Lipinski definition) is 2. The van der Waals surface area contributed by atoms with E-state index < -0.39 is 43.3 Å². The fourth-order valence-corrected chi connectivity index (χ4v) is 5.16. The number of nitrogens with one attached hydrogen (secondary N) is 2. The van der Waals surface area contributed by atoms with Gasteiger partial charge < -0.3 is 14.5 Å². The molecule has 0 aliphatic carbocycles. The van der Waals surface area contributed by atoms with Crippen molar-refractivity contribution in [2.24, 2.45) is 0 Å². The number of aromatic nitrogens is 2. The zero-order chi connectivity index (χ0) is 29.0. The molecule has 2 heterocycles. The second kappa shape index (κ2) is 11.7. The van der Waals surface area contributed by atoms with Gasteiger partial charge in [-0.25, -0.2) is 17.5 Å². The topological polar surface area (TPSA) is 159 Å². The van der Waals surface area contributed by atoms with Crippen molar-refractivity contribution < 1.29 is 31.7 Å². The van der Waals surface area contributed by atoms with Crippen molar-refractivity contribution in [3.05, 3.63) is 93.8 Å². The van der Waals surface area contributed by atoms with Crippen LogP contribution in [0.2, 0.25) is 0 Å². The highest BCUT2D eigenvalue weighted by atomic mass is 32.2. The number of halogens is 1. The van der Waals surface area contributed by atoms with Crippen molar-refractivity contribution in [1.29, 1.82) is 0 Å². The maximum Gasteiger partial charge on any atom is 0.272 e. The van der Waals surface area contributed by atoms with Gasteiger partial charge in [-0.05, 0) is 56.7 Å². The summed E-state index contributed by atoms with van der Waals surface area (Å²) in [7, 11) is -4.28. The van der Waals surface area contributed by atoms with Crippen LogP contribution in [-0.4, -0.2) is 35.1 Å². The van der Waals surface area contributed by atoms with Gasteiger partial charge in [0.2, 0.25) is 15.9 Å². The minimum absolute atomic E-state index is 0.0698. The van der Waals surface area contributed by atoms with Gasteiger partial charge in [-0.1, -0.05) is 13.0 Å². The first kappa shape index (κ1) is 28.4. The smallest absolute Gasteiger partial charge is 0.272 e. The number of carbonyl (C=O) groups excluding carboxylic acids is 1. The first-order valence-corrected chi connectivity index (χ1v) is 13.6. The molecule has 2 aromatic heterocycles. The van der Waals surface area contributed by atoms with Gasteiger partial charge in [0.25, 0.3) is 11.6 Å². The average Bonchev–Trinajstić information content (AvgIpc) is 3.55. The predicted octanol–water partition coefficient (Wildman–Crippen LogP) is 4.62. The Morgan fingerprint density at radius 1 is 1.23 bits per heavy atom. The van der Waals surface area contributed by atoms with E-state index in [4.69, 9.17) is 9.15 Å². The molecule has 4 aromatic rings. The van der Waals surface area contributed by atoms with E-state index in [1.807, 2.05) is 0 Å². The minimum atomic E-state index is -4.28. The lowest BCUT2D eigenvalue weighted by atomic mass is 10.2. The van der Waals surface area contributed by atoms with Crippen LogP contribution in [0.3, 0.4) is 0 Å². The Hall–Kier alpha value is -4.56. The summed E-state index contributed by atoms with van der Waals surface area (Å²) in [5, 5.41) is 18.4. The van der Waals surface area contributed by atoms with E-state index >= 15 is 0 Å². The second-order valence-corrected chi connectivity index (χ2v) is 10.5. The Balaban J connectivity index is 1.81. The lowest BCUT2D eigenvalue weighted by Crippen LogP contribution is -2.32. The van der Waals surface area contributed by atoms with Gasteiger partial charge in [0.15, 0.2) is 5.69 Å². The molecule has 0 spiro atoms. The molecule has 4 rings (SSSR count). The van der Waals surface area contributed by atoms with Crippen molar-refractivity contribution >= 4 is 21.6 Å². The standard InChI is InChI=1S/C26H26FN5O7S/c1-4-16(2)30-40(36,37)23-14-20(32(34)35)10-11-22(23)39-26-17(3)24(25(33)28-15-21-9-6-12-38-21)29-31(26)19-8-5-7-18(27)13-19/h5-14,16,30H,4,15H2,1-3H3,(H,28,33)/t16-/m0/s1. The third-order valence-electron chi connectivity index (χ3n) is 5.94. The summed E-state index contributed by atoms with van der Waals surface area (Å²) in [5.74, 6) is -1.03. The quantitative estimate of drug-likeness (QED) is 0.195. The lowest BCUT2D eigenvalue weighted by molar-refractivity contribution is -0.385. The maximum atomic E-state index is 14.1. The molecule has 2 aromatic carbocycles. The van der Waals surface area contributed by atoms with Crippen molar-refractivity contribution in [2.45, 2.75) is 44.7 Å². The Bertz CT molecular complexity index is 1650. The molecule has 0 aliphatic rings. The summed E-state index contributed by atoms with van der Waals surface area (Å²) in [6.45, 7) is 5.01. The molecule has 0 radical (unpaired) electrons. The molecule has 0 saturated heterocycles. The van der Waals surface area contributed by atoms with Gasteiger partial charge in [0, 0.05) is 23.7 Å². The lowest BCUT2D eigenvalue weighted by Gasteiger charge is -2.16. The van der Waals surface area contributed by atoms with Crippen molar-refractivity contribution in [1.82, 2.24) is 19.8 Å². The van der Waals surface area contributed by atoms with Crippen LogP contribution in [0.5, 0.6) is 11.6 Å². The highest BCUT2D eigenvalue weighted by molar-refractivity contribution is 7.89. The summed E-state index contributed by atoms with van der Waals surface area (Å²) in [4.78, 5) is 23.2. The van der Waals surface area contributed by atoms with Crippen LogP contribution in [0, 0.1) is 22.9 Å². The zero-order valence-electron chi connectivity index (χ0n) is 21.8. The molecular weight excluding hydrogens is 545 g/mol. The zero-order valence-corrected chi connectivity index (χ0v) is 22.6. The number of hydrogen-bond acceptors (Lipinski definition) is 8. The predicted molar refractivity (Wildman–Crippen MR) is 141 cm³/mol. The molecule has 14 heteroatoms. The van der Waals surface area contributed by atoms with E-state index in [0.29, 0.717) is 12.2 Å². The molecular formula is C26H26FN5O7S. The number of benzene rings is 2. The van der Waals surface area contributed by atoms with Crippen LogP contribution >= 0.6 is 0 Å². The number of furan rings is 1. The van der Waals surface area contributed by atoms with Gasteiger partial charge in [-0.3, -0.25) is 14.9 Å². The van der Waals surface area contributed by atoms with Crippen molar-refractivity contribution in [3.8, 4) is 17.3 Å². The number of non-ortho nitro benzene ring substituents is 1. The Labute approximate surface area is 229 Å². The Morgan fingerprint density at radius 3 is 2.65 bits per heavy atom. The number of ether oxygens (including phenoxy) is 1. The van der Waals surface area contributed by atoms with Crippen LogP contribution in [0.1, 0.15) is 42.1 Å². The van der Waals surface area contributed by atoms with Crippen molar-refractivity contribution in [2.75, 3.05) is 0 Å². The molecule has 12 nitrogen and oxygen atoms in total. The SMILES string of the molecule is CC[C@H](C)NS(=O)(=O)c1cc([N+](=O)[O-])ccc1Oc1c(C)c(C(=O)NCc2ccco2)nn1-c1cccc(F)c1. The fraction of sp³-hybridized carbons (Fsp3) is 0.231. The van der Waals surface area contributed by atoms with Gasteiger partial charge in [-0.15, -0.1) is 0 Å². The van der Waals surface area contributed by atoms with Crippen LogP contribution < -0.4 is 14.8 Å². The number of nitro benzene ring substituents is 1. The number of carbonyl (C=O) groups is 1. The Morgan fingerprint density at radius 2 is 2.00 bits per heavy atom. The largest absolute Gasteiger partial charge is 0.467 e. The highest BCUT2D eigenvalue weighted by Gasteiger charge is 2.28. The monoisotopic (exact) mass is 571 g/mol. The van der Waals surface area contributed by atoms with E-state index in [0.717, 1.165) is 28.9 Å². The third kappa shape index (κ3) is 6.18. The summed E-state index contributed by atoms with van der Waals surface area (Å²) in [5.41, 5.74) is -0.148. The number of nitro groups is 1. The summed E-state index contributed by atoms with van der Waals surface area (Å²) in [6.07, 6.45) is 1.93. The normalized spacial score (nSPS) is 12.2. The number of amides is 1. The summed E-state index contributed by atoms with van der Waals surface area (Å²) < 4.78 is 55.4. The molecule has 0 aliphatic heterocycles. The molecule has 1 atom stereocenters. The molecule has 0 unspecified atom stereocenters. The first-order valence-electron chi connectivity index (χ1n) is 12.1. The van der Waals surface area contributed by atoms with Gasteiger partial charge in [0.1, 0.15) is 22.2 Å². The molecule has 2 N–H and O–H groups in total.